The molecule has 0 aliphatic heterocycles. The summed E-state index contributed by atoms with van der Waals surface area (Å²) in [6, 6.07) is 10.8. The van der Waals surface area contributed by atoms with Gasteiger partial charge in [0.05, 0.1) is 15.7 Å². The number of anilines is 1. The van der Waals surface area contributed by atoms with Crippen LogP contribution in [0, 0.1) is 0 Å². The molecule has 0 fully saturated rings. The third kappa shape index (κ3) is 2.67. The highest BCUT2D eigenvalue weighted by Gasteiger charge is 2.12. The monoisotopic (exact) mass is 322 g/mol. The summed E-state index contributed by atoms with van der Waals surface area (Å²) in [6.45, 7) is 0. The molecule has 2 N–H and O–H groups in total. The highest BCUT2D eigenvalue weighted by Crippen LogP contribution is 2.20. The number of benzene rings is 1. The van der Waals surface area contributed by atoms with Gasteiger partial charge in [-0.15, -0.1) is 16.4 Å². The third-order valence-electron chi connectivity index (χ3n) is 3.21. The molecule has 7 nitrogen and oxygen atoms in total. The quantitative estimate of drug-likeness (QED) is 0.604. The van der Waals surface area contributed by atoms with Crippen LogP contribution in [-0.2, 0) is 0 Å². The maximum absolute atomic E-state index is 12.3. The molecule has 4 rings (SSSR count). The number of H-pyrrole nitrogens is 1. The van der Waals surface area contributed by atoms with Gasteiger partial charge < -0.3 is 0 Å². The second kappa shape index (κ2) is 5.58. The molecule has 0 radical (unpaired) electrons. The molecule has 23 heavy (non-hydrogen) atoms. The van der Waals surface area contributed by atoms with Crippen LogP contribution in [0.5, 0.6) is 0 Å². The van der Waals surface area contributed by atoms with E-state index in [9.17, 15) is 4.79 Å². The molecule has 0 aliphatic carbocycles. The van der Waals surface area contributed by atoms with Crippen molar-refractivity contribution in [3.8, 4) is 11.5 Å². The molecule has 0 bridgehead atoms. The number of carbonyl (C=O) groups excluding carboxylic acids is 1. The number of amides is 1. The van der Waals surface area contributed by atoms with Crippen LogP contribution in [0.4, 0.5) is 5.95 Å². The third-order valence-corrected chi connectivity index (χ3v) is 4.00. The van der Waals surface area contributed by atoms with E-state index in [0.29, 0.717) is 17.1 Å². The SMILES string of the molecule is O=C(Nc1n[nH]c(-c2ccccn2)n1)c1ccc2ncsc2c1. The number of fused-ring (bicyclic) bond motifs is 1. The summed E-state index contributed by atoms with van der Waals surface area (Å²) in [4.78, 5) is 24.9. The molecule has 0 spiro atoms. The zero-order valence-corrected chi connectivity index (χ0v) is 12.5. The van der Waals surface area contributed by atoms with E-state index in [4.69, 9.17) is 0 Å². The molecule has 0 aliphatic rings. The number of nitrogens with one attached hydrogen (secondary N) is 2. The maximum Gasteiger partial charge on any atom is 0.258 e. The summed E-state index contributed by atoms with van der Waals surface area (Å²) >= 11 is 1.49. The minimum atomic E-state index is -0.271. The van der Waals surface area contributed by atoms with Crippen molar-refractivity contribution >= 4 is 33.4 Å². The van der Waals surface area contributed by atoms with Crippen LogP contribution in [0.25, 0.3) is 21.7 Å². The van der Waals surface area contributed by atoms with Gasteiger partial charge in [-0.1, -0.05) is 6.07 Å². The minimum absolute atomic E-state index is 0.208. The fourth-order valence-corrected chi connectivity index (χ4v) is 2.82. The Morgan fingerprint density at radius 2 is 2.13 bits per heavy atom. The summed E-state index contributed by atoms with van der Waals surface area (Å²) < 4.78 is 0.960. The maximum atomic E-state index is 12.3. The summed E-state index contributed by atoms with van der Waals surface area (Å²) in [5, 5.41) is 9.42. The lowest BCUT2D eigenvalue weighted by Crippen LogP contribution is -2.12. The highest BCUT2D eigenvalue weighted by molar-refractivity contribution is 7.16. The Morgan fingerprint density at radius 1 is 1.17 bits per heavy atom. The normalized spacial score (nSPS) is 10.8. The molecule has 4 aromatic rings. The first kappa shape index (κ1) is 13.5. The average Bonchev–Trinajstić information content (AvgIpc) is 3.24. The van der Waals surface area contributed by atoms with E-state index < -0.39 is 0 Å². The molecule has 0 unspecified atom stereocenters. The van der Waals surface area contributed by atoms with Gasteiger partial charge in [-0.2, -0.15) is 4.98 Å². The van der Waals surface area contributed by atoms with Crippen molar-refractivity contribution in [3.63, 3.8) is 0 Å². The van der Waals surface area contributed by atoms with Crippen molar-refractivity contribution < 1.29 is 4.79 Å². The van der Waals surface area contributed by atoms with E-state index in [0.717, 1.165) is 10.2 Å². The molecule has 1 aromatic carbocycles. The van der Waals surface area contributed by atoms with Crippen molar-refractivity contribution in [1.82, 2.24) is 25.1 Å². The molecule has 1 amide bonds. The number of nitrogens with zero attached hydrogens (tertiary/aromatic N) is 4. The summed E-state index contributed by atoms with van der Waals surface area (Å²) in [7, 11) is 0. The smallest absolute Gasteiger partial charge is 0.258 e. The molecular weight excluding hydrogens is 312 g/mol. The number of pyridine rings is 1. The number of rotatable bonds is 3. The molecule has 3 aromatic heterocycles. The largest absolute Gasteiger partial charge is 0.289 e. The van der Waals surface area contributed by atoms with Crippen molar-refractivity contribution in [2.24, 2.45) is 0 Å². The van der Waals surface area contributed by atoms with E-state index in [-0.39, 0.29) is 11.9 Å². The second-order valence-electron chi connectivity index (χ2n) is 4.71. The first-order valence-corrected chi connectivity index (χ1v) is 7.66. The van der Waals surface area contributed by atoms with Crippen molar-refractivity contribution in [2.75, 3.05) is 5.32 Å². The molecular formula is C15H10N6OS. The molecule has 0 saturated heterocycles. The summed E-state index contributed by atoms with van der Waals surface area (Å²) in [5.41, 5.74) is 3.82. The van der Waals surface area contributed by atoms with E-state index in [1.54, 1.807) is 23.8 Å². The van der Waals surface area contributed by atoms with Gasteiger partial charge in [0.2, 0.25) is 5.95 Å². The Morgan fingerprint density at radius 3 is 3.00 bits per heavy atom. The average molecular weight is 322 g/mol. The van der Waals surface area contributed by atoms with Crippen LogP contribution in [-0.4, -0.2) is 31.1 Å². The predicted molar refractivity (Wildman–Crippen MR) is 87.2 cm³/mol. The van der Waals surface area contributed by atoms with E-state index >= 15 is 0 Å². The van der Waals surface area contributed by atoms with E-state index in [1.165, 1.54) is 11.3 Å². The van der Waals surface area contributed by atoms with Crippen LogP contribution in [0.3, 0.4) is 0 Å². The van der Waals surface area contributed by atoms with Gasteiger partial charge in [0.15, 0.2) is 5.82 Å². The van der Waals surface area contributed by atoms with Crippen molar-refractivity contribution in [1.29, 1.82) is 0 Å². The van der Waals surface area contributed by atoms with Gasteiger partial charge in [-0.3, -0.25) is 20.2 Å². The number of aromatic nitrogens is 5. The van der Waals surface area contributed by atoms with Crippen LogP contribution in [0.15, 0.2) is 48.1 Å². The van der Waals surface area contributed by atoms with Gasteiger partial charge in [-0.05, 0) is 30.3 Å². The second-order valence-corrected chi connectivity index (χ2v) is 5.60. The molecule has 112 valence electrons. The number of hydrogen-bond acceptors (Lipinski definition) is 6. The highest BCUT2D eigenvalue weighted by atomic mass is 32.1. The Kier molecular flexibility index (Phi) is 3.28. The van der Waals surface area contributed by atoms with Crippen molar-refractivity contribution in [2.45, 2.75) is 0 Å². The van der Waals surface area contributed by atoms with Gasteiger partial charge in [0.1, 0.15) is 5.69 Å². The predicted octanol–water partition coefficient (Wildman–Crippen LogP) is 2.73. The number of carbonyl (C=O) groups is 1. The fourth-order valence-electron chi connectivity index (χ4n) is 2.11. The number of thiazole rings is 1. The zero-order valence-electron chi connectivity index (χ0n) is 11.7. The zero-order chi connectivity index (χ0) is 15.6. The van der Waals surface area contributed by atoms with Gasteiger partial charge in [0, 0.05) is 11.8 Å². The molecule has 0 saturated carbocycles. The Balaban J connectivity index is 1.55. The summed E-state index contributed by atoms with van der Waals surface area (Å²) in [6.07, 6.45) is 1.67. The molecule has 0 atom stereocenters. The van der Waals surface area contributed by atoms with Gasteiger partial charge in [-0.25, -0.2) is 4.98 Å². The van der Waals surface area contributed by atoms with Gasteiger partial charge in [0.25, 0.3) is 5.91 Å². The fraction of sp³-hybridized carbons (Fsp3) is 0. The standard InChI is InChI=1S/C15H10N6OS/c22-14(9-4-5-10-12(7-9)23-8-17-10)19-15-18-13(20-21-15)11-3-1-2-6-16-11/h1-8H,(H2,18,19,20,21,22). The number of hydrogen-bond donors (Lipinski definition) is 2. The first-order valence-electron chi connectivity index (χ1n) is 6.78. The van der Waals surface area contributed by atoms with Crippen LogP contribution < -0.4 is 5.32 Å². The molecule has 3 heterocycles. The Labute approximate surface area is 134 Å². The van der Waals surface area contributed by atoms with Crippen LogP contribution in [0.1, 0.15) is 10.4 Å². The van der Waals surface area contributed by atoms with Crippen LogP contribution >= 0.6 is 11.3 Å². The van der Waals surface area contributed by atoms with E-state index in [2.05, 4.69) is 30.5 Å². The number of aromatic amines is 1. The minimum Gasteiger partial charge on any atom is -0.289 e. The Hall–Kier alpha value is -3.13. The van der Waals surface area contributed by atoms with Crippen LogP contribution in [0.2, 0.25) is 0 Å². The Bertz CT molecular complexity index is 978. The molecule has 8 heteroatoms. The van der Waals surface area contributed by atoms with Crippen molar-refractivity contribution in [3.05, 3.63) is 53.7 Å². The van der Waals surface area contributed by atoms with Gasteiger partial charge >= 0.3 is 0 Å². The lowest BCUT2D eigenvalue weighted by atomic mass is 10.2. The lowest BCUT2D eigenvalue weighted by Gasteiger charge is -2.00. The first-order chi connectivity index (χ1) is 11.3. The van der Waals surface area contributed by atoms with E-state index in [1.807, 2.05) is 24.3 Å². The topological polar surface area (TPSA) is 96.5 Å². The summed E-state index contributed by atoms with van der Waals surface area (Å²) in [5.74, 6) is 0.436. The lowest BCUT2D eigenvalue weighted by molar-refractivity contribution is 0.102.